The fourth-order valence-corrected chi connectivity index (χ4v) is 6.23. The van der Waals surface area contributed by atoms with Crippen LogP contribution in [0.1, 0.15) is 103 Å². The number of unbranched alkanes of at least 4 members (excludes halogenated alkanes) is 4. The van der Waals surface area contributed by atoms with Crippen LogP contribution in [-0.2, 0) is 10.8 Å². The van der Waals surface area contributed by atoms with Crippen LogP contribution in [0.15, 0.2) is 78.0 Å². The molecule has 0 amide bonds. The largest absolute Gasteiger partial charge is 0.344 e. The Labute approximate surface area is 214 Å². The molecule has 4 rings (SSSR count). The van der Waals surface area contributed by atoms with E-state index in [9.17, 15) is 0 Å². The van der Waals surface area contributed by atoms with Crippen molar-refractivity contribution in [2.45, 2.75) is 97.3 Å². The zero-order chi connectivity index (χ0) is 25.1. The standard InChI is InChI=1S/C34H45N/c1-7-9-11-18-26-27-19-12-13-20-28(27)33(3,4)29(26)22-17-24-32-34(5,6)30-21-14-15-23-31(30)35(32)25-16-10-8-2/h12-15,17,19-24H,7-11,16,18,25H2,1-6H3/b22-17+,32-24-. The molecule has 0 spiro atoms. The van der Waals surface area contributed by atoms with Gasteiger partial charge in [-0.3, -0.25) is 0 Å². The first-order valence-corrected chi connectivity index (χ1v) is 13.9. The minimum atomic E-state index is 0.0135. The van der Waals surface area contributed by atoms with E-state index in [2.05, 4.69) is 113 Å². The second-order valence-corrected chi connectivity index (χ2v) is 11.4. The lowest BCUT2D eigenvalue weighted by molar-refractivity contribution is 0.619. The predicted molar refractivity (Wildman–Crippen MR) is 154 cm³/mol. The van der Waals surface area contributed by atoms with Crippen LogP contribution in [0.2, 0.25) is 0 Å². The topological polar surface area (TPSA) is 3.24 Å². The molecule has 0 bridgehead atoms. The van der Waals surface area contributed by atoms with Gasteiger partial charge in [0.25, 0.3) is 0 Å². The third kappa shape index (κ3) is 4.80. The maximum atomic E-state index is 2.58. The number of hydrogen-bond acceptors (Lipinski definition) is 1. The zero-order valence-corrected chi connectivity index (χ0v) is 23.0. The average Bonchev–Trinajstić information content (AvgIpc) is 3.19. The zero-order valence-electron chi connectivity index (χ0n) is 23.0. The molecule has 1 aliphatic heterocycles. The molecule has 0 radical (unpaired) electrons. The minimum absolute atomic E-state index is 0.0135. The van der Waals surface area contributed by atoms with E-state index in [1.54, 1.807) is 5.57 Å². The van der Waals surface area contributed by atoms with Gasteiger partial charge in [-0.05, 0) is 59.2 Å². The molecule has 1 aliphatic carbocycles. The molecular formula is C34H45N. The Hall–Kier alpha value is -2.54. The molecule has 1 heterocycles. The Morgan fingerprint density at radius 3 is 2.14 bits per heavy atom. The van der Waals surface area contributed by atoms with Crippen molar-refractivity contribution >= 4 is 11.3 Å². The predicted octanol–water partition coefficient (Wildman–Crippen LogP) is 9.74. The monoisotopic (exact) mass is 467 g/mol. The van der Waals surface area contributed by atoms with Crippen LogP contribution in [-0.4, -0.2) is 6.54 Å². The molecule has 1 heteroatoms. The molecule has 35 heavy (non-hydrogen) atoms. The van der Waals surface area contributed by atoms with Gasteiger partial charge in [-0.25, -0.2) is 0 Å². The van der Waals surface area contributed by atoms with Gasteiger partial charge in [0, 0.05) is 28.8 Å². The normalized spacial score (nSPS) is 19.1. The van der Waals surface area contributed by atoms with Crippen molar-refractivity contribution in [3.63, 3.8) is 0 Å². The molecule has 0 aromatic heterocycles. The third-order valence-corrected chi connectivity index (χ3v) is 8.26. The molecule has 0 atom stereocenters. The molecule has 0 N–H and O–H groups in total. The van der Waals surface area contributed by atoms with E-state index in [0.29, 0.717) is 0 Å². The van der Waals surface area contributed by atoms with Crippen molar-refractivity contribution in [1.82, 2.24) is 0 Å². The average molecular weight is 468 g/mol. The number of hydrogen-bond donors (Lipinski definition) is 0. The number of allylic oxidation sites excluding steroid dienone is 6. The number of anilines is 1. The highest BCUT2D eigenvalue weighted by molar-refractivity contribution is 5.82. The first kappa shape index (κ1) is 25.5. The molecule has 2 aliphatic rings. The van der Waals surface area contributed by atoms with Gasteiger partial charge >= 0.3 is 0 Å². The van der Waals surface area contributed by atoms with Gasteiger partial charge in [-0.1, -0.05) is 122 Å². The smallest absolute Gasteiger partial charge is 0.0450 e. The summed E-state index contributed by atoms with van der Waals surface area (Å²) >= 11 is 0. The van der Waals surface area contributed by atoms with Crippen molar-refractivity contribution in [3.8, 4) is 0 Å². The lowest BCUT2D eigenvalue weighted by atomic mass is 9.80. The summed E-state index contributed by atoms with van der Waals surface area (Å²) in [4.78, 5) is 2.58. The Kier molecular flexibility index (Phi) is 7.74. The molecule has 0 unspecified atom stereocenters. The van der Waals surface area contributed by atoms with Gasteiger partial charge in [-0.15, -0.1) is 0 Å². The van der Waals surface area contributed by atoms with Gasteiger partial charge in [0.15, 0.2) is 0 Å². The fraction of sp³-hybridized carbons (Fsp3) is 0.471. The molecular weight excluding hydrogens is 422 g/mol. The van der Waals surface area contributed by atoms with Gasteiger partial charge in [0.2, 0.25) is 0 Å². The SMILES string of the molecule is CCCCCC1=C(/C=C/C=C2\N(CCCCC)c3ccccc3C2(C)C)C(C)(C)c2ccccc21. The van der Waals surface area contributed by atoms with E-state index in [1.807, 2.05) is 0 Å². The summed E-state index contributed by atoms with van der Waals surface area (Å²) in [5, 5.41) is 0. The Bertz CT molecular complexity index is 1120. The lowest BCUT2D eigenvalue weighted by Crippen LogP contribution is -2.27. The number of para-hydroxylation sites is 1. The highest BCUT2D eigenvalue weighted by Gasteiger charge is 2.39. The second-order valence-electron chi connectivity index (χ2n) is 11.4. The molecule has 2 aromatic rings. The molecule has 186 valence electrons. The summed E-state index contributed by atoms with van der Waals surface area (Å²) in [6, 6.07) is 18.1. The first-order chi connectivity index (χ1) is 16.8. The van der Waals surface area contributed by atoms with Crippen LogP contribution in [0, 0.1) is 0 Å². The molecule has 1 nitrogen and oxygen atoms in total. The van der Waals surface area contributed by atoms with Gasteiger partial charge in [0.1, 0.15) is 0 Å². The van der Waals surface area contributed by atoms with E-state index in [0.717, 1.165) is 6.54 Å². The van der Waals surface area contributed by atoms with Crippen LogP contribution >= 0.6 is 0 Å². The van der Waals surface area contributed by atoms with E-state index in [-0.39, 0.29) is 10.8 Å². The van der Waals surface area contributed by atoms with E-state index >= 15 is 0 Å². The lowest BCUT2D eigenvalue weighted by Gasteiger charge is -2.27. The number of rotatable bonds is 10. The first-order valence-electron chi connectivity index (χ1n) is 13.9. The van der Waals surface area contributed by atoms with E-state index in [1.165, 1.54) is 78.6 Å². The highest BCUT2D eigenvalue weighted by Crippen LogP contribution is 2.49. The van der Waals surface area contributed by atoms with Gasteiger partial charge in [-0.2, -0.15) is 0 Å². The molecule has 0 saturated heterocycles. The van der Waals surface area contributed by atoms with Crippen LogP contribution in [0.3, 0.4) is 0 Å². The van der Waals surface area contributed by atoms with Crippen molar-refractivity contribution in [2.75, 3.05) is 11.4 Å². The van der Waals surface area contributed by atoms with Crippen LogP contribution < -0.4 is 4.90 Å². The Morgan fingerprint density at radius 1 is 0.743 bits per heavy atom. The van der Waals surface area contributed by atoms with Crippen molar-refractivity contribution < 1.29 is 0 Å². The Balaban J connectivity index is 1.71. The maximum absolute atomic E-state index is 2.58. The number of fused-ring (bicyclic) bond motifs is 2. The summed E-state index contributed by atoms with van der Waals surface area (Å²) in [7, 11) is 0. The second kappa shape index (κ2) is 10.6. The summed E-state index contributed by atoms with van der Waals surface area (Å²) in [6.45, 7) is 15.2. The Morgan fingerprint density at radius 2 is 1.40 bits per heavy atom. The van der Waals surface area contributed by atoms with E-state index in [4.69, 9.17) is 0 Å². The fourth-order valence-electron chi connectivity index (χ4n) is 6.23. The summed E-state index contributed by atoms with van der Waals surface area (Å²) in [5.41, 5.74) is 10.3. The van der Waals surface area contributed by atoms with Crippen LogP contribution in [0.25, 0.3) is 5.57 Å². The van der Waals surface area contributed by atoms with Gasteiger partial charge in [0.05, 0.1) is 0 Å². The molecule has 0 fully saturated rings. The third-order valence-electron chi connectivity index (χ3n) is 8.26. The minimum Gasteiger partial charge on any atom is -0.344 e. The van der Waals surface area contributed by atoms with Crippen LogP contribution in [0.4, 0.5) is 5.69 Å². The summed E-state index contributed by atoms with van der Waals surface area (Å²) in [6.07, 6.45) is 15.9. The maximum Gasteiger partial charge on any atom is 0.0450 e. The number of benzene rings is 2. The highest BCUT2D eigenvalue weighted by atomic mass is 15.2. The molecule has 0 saturated carbocycles. The quantitative estimate of drug-likeness (QED) is 0.314. The van der Waals surface area contributed by atoms with E-state index < -0.39 is 0 Å². The summed E-state index contributed by atoms with van der Waals surface area (Å²) < 4.78 is 0. The number of nitrogens with zero attached hydrogens (tertiary/aromatic N) is 1. The van der Waals surface area contributed by atoms with Gasteiger partial charge < -0.3 is 4.90 Å². The van der Waals surface area contributed by atoms with Crippen molar-refractivity contribution in [3.05, 3.63) is 94.7 Å². The van der Waals surface area contributed by atoms with Crippen LogP contribution in [0.5, 0.6) is 0 Å². The summed E-state index contributed by atoms with van der Waals surface area (Å²) in [5.74, 6) is 0. The molecule has 2 aromatic carbocycles. The van der Waals surface area contributed by atoms with Crippen molar-refractivity contribution in [2.24, 2.45) is 0 Å². The van der Waals surface area contributed by atoms with Crippen molar-refractivity contribution in [1.29, 1.82) is 0 Å².